The Labute approximate surface area is 154 Å². The summed E-state index contributed by atoms with van der Waals surface area (Å²) in [5, 5.41) is 0.636. The molecule has 3 aromatic rings. The van der Waals surface area contributed by atoms with E-state index < -0.39 is 23.6 Å². The van der Waals surface area contributed by atoms with Crippen LogP contribution >= 0.6 is 0 Å². The number of fused-ring (bicyclic) bond motifs is 4. The molecule has 3 atom stereocenters. The number of para-hydroxylation sites is 1. The average Bonchev–Trinajstić information content (AvgIpc) is 2.70. The van der Waals surface area contributed by atoms with Gasteiger partial charge >= 0.3 is 5.63 Å². The second-order valence-electron chi connectivity index (χ2n) is 7.01. The third-order valence-corrected chi connectivity index (χ3v) is 5.51. The van der Waals surface area contributed by atoms with Gasteiger partial charge in [-0.1, -0.05) is 42.5 Å². The average molecular weight is 360 g/mol. The molecule has 0 bridgehead atoms. The maximum atomic E-state index is 12.9. The van der Waals surface area contributed by atoms with Crippen LogP contribution in [0, 0.1) is 5.92 Å². The van der Waals surface area contributed by atoms with Crippen molar-refractivity contribution in [2.24, 2.45) is 5.92 Å². The Bertz CT molecular complexity index is 1130. The molecule has 5 heteroatoms. The largest absolute Gasteiger partial charge is 0.480 e. The molecule has 1 aromatic heterocycles. The van der Waals surface area contributed by atoms with Gasteiger partial charge < -0.3 is 9.15 Å². The lowest BCUT2D eigenvalue weighted by Gasteiger charge is -2.40. The summed E-state index contributed by atoms with van der Waals surface area (Å²) in [5.74, 6) is -1.04. The molecule has 0 saturated heterocycles. The van der Waals surface area contributed by atoms with E-state index in [0.717, 1.165) is 5.56 Å². The van der Waals surface area contributed by atoms with Crippen molar-refractivity contribution in [3.05, 3.63) is 76.1 Å². The summed E-state index contributed by atoms with van der Waals surface area (Å²) < 4.78 is 11.6. The highest BCUT2D eigenvalue weighted by Crippen LogP contribution is 2.47. The maximum absolute atomic E-state index is 12.9. The van der Waals surface area contributed by atoms with E-state index in [2.05, 4.69) is 0 Å². The first-order valence-electron chi connectivity index (χ1n) is 8.98. The van der Waals surface area contributed by atoms with Crippen LogP contribution in [-0.2, 0) is 9.59 Å². The zero-order valence-electron chi connectivity index (χ0n) is 14.4. The fraction of sp³-hybridized carbons (Fsp3) is 0.227. The zero-order chi connectivity index (χ0) is 18.5. The van der Waals surface area contributed by atoms with Gasteiger partial charge in [-0.15, -0.1) is 0 Å². The Morgan fingerprint density at radius 1 is 0.815 bits per heavy atom. The quantitative estimate of drug-likeness (QED) is 0.623. The van der Waals surface area contributed by atoms with Crippen molar-refractivity contribution in [3.8, 4) is 5.75 Å². The van der Waals surface area contributed by atoms with Crippen LogP contribution in [0.3, 0.4) is 0 Å². The van der Waals surface area contributed by atoms with Gasteiger partial charge in [-0.2, -0.15) is 0 Å². The highest BCUT2D eigenvalue weighted by molar-refractivity contribution is 6.00. The molecule has 1 fully saturated rings. The van der Waals surface area contributed by atoms with Crippen LogP contribution in [0.25, 0.3) is 11.0 Å². The molecular formula is C22H16O5. The molecule has 2 aliphatic rings. The topological polar surface area (TPSA) is 73.6 Å². The van der Waals surface area contributed by atoms with Crippen molar-refractivity contribution >= 4 is 22.5 Å². The van der Waals surface area contributed by atoms with Gasteiger partial charge in [0.05, 0.1) is 16.9 Å². The van der Waals surface area contributed by atoms with Gasteiger partial charge in [0.2, 0.25) is 0 Å². The first-order chi connectivity index (χ1) is 13.1. The number of ether oxygens (including phenoxy) is 1. The monoisotopic (exact) mass is 360 g/mol. The van der Waals surface area contributed by atoms with Crippen molar-refractivity contribution in [1.82, 2.24) is 0 Å². The van der Waals surface area contributed by atoms with E-state index in [-0.39, 0.29) is 24.4 Å². The SMILES string of the molecule is O=C1CCC(=O)[C@@H]2Oc3c(c(=O)oc4ccccc34)[C@H](c3ccccc3)C12. The lowest BCUT2D eigenvalue weighted by Crippen LogP contribution is -2.50. The number of hydrogen-bond donors (Lipinski definition) is 0. The molecule has 1 aliphatic carbocycles. The Kier molecular flexibility index (Phi) is 3.50. The second kappa shape index (κ2) is 5.91. The highest BCUT2D eigenvalue weighted by Gasteiger charge is 2.50. The van der Waals surface area contributed by atoms with Crippen LogP contribution in [0.15, 0.2) is 63.8 Å². The molecule has 2 aromatic carbocycles. The summed E-state index contributed by atoms with van der Waals surface area (Å²) in [6, 6.07) is 16.4. The summed E-state index contributed by atoms with van der Waals surface area (Å²) >= 11 is 0. The molecule has 5 nitrogen and oxygen atoms in total. The lowest BCUT2D eigenvalue weighted by molar-refractivity contribution is -0.143. The molecule has 0 radical (unpaired) electrons. The van der Waals surface area contributed by atoms with Crippen molar-refractivity contribution in [3.63, 3.8) is 0 Å². The normalized spacial score (nSPS) is 24.2. The molecule has 0 N–H and O–H groups in total. The van der Waals surface area contributed by atoms with E-state index in [4.69, 9.17) is 9.15 Å². The van der Waals surface area contributed by atoms with Gasteiger partial charge in [0.1, 0.15) is 17.1 Å². The smallest absolute Gasteiger partial charge is 0.343 e. The molecule has 134 valence electrons. The molecule has 0 amide bonds. The van der Waals surface area contributed by atoms with Crippen molar-refractivity contribution in [2.75, 3.05) is 0 Å². The summed E-state index contributed by atoms with van der Waals surface area (Å²) in [6.07, 6.45) is -0.508. The first-order valence-corrected chi connectivity index (χ1v) is 8.98. The zero-order valence-corrected chi connectivity index (χ0v) is 14.4. The first kappa shape index (κ1) is 16.0. The van der Waals surface area contributed by atoms with E-state index in [1.807, 2.05) is 36.4 Å². The summed E-state index contributed by atoms with van der Waals surface area (Å²) in [6.45, 7) is 0. The van der Waals surface area contributed by atoms with Gasteiger partial charge in [-0.05, 0) is 17.7 Å². The Morgan fingerprint density at radius 2 is 1.52 bits per heavy atom. The van der Waals surface area contributed by atoms with Crippen LogP contribution in [0.2, 0.25) is 0 Å². The minimum Gasteiger partial charge on any atom is -0.480 e. The van der Waals surface area contributed by atoms with Crippen LogP contribution in [0.1, 0.15) is 29.9 Å². The molecule has 1 unspecified atom stereocenters. The highest BCUT2D eigenvalue weighted by atomic mass is 16.5. The van der Waals surface area contributed by atoms with Gasteiger partial charge in [-0.3, -0.25) is 9.59 Å². The van der Waals surface area contributed by atoms with E-state index in [9.17, 15) is 14.4 Å². The number of ketones is 2. The fourth-order valence-corrected chi connectivity index (χ4v) is 4.30. The van der Waals surface area contributed by atoms with Crippen molar-refractivity contribution in [2.45, 2.75) is 24.9 Å². The molecule has 1 saturated carbocycles. The second-order valence-corrected chi connectivity index (χ2v) is 7.01. The summed E-state index contributed by atoms with van der Waals surface area (Å²) in [7, 11) is 0. The van der Waals surface area contributed by atoms with E-state index >= 15 is 0 Å². The molecule has 0 spiro atoms. The van der Waals surface area contributed by atoms with Crippen molar-refractivity contribution < 1.29 is 18.7 Å². The molecule has 27 heavy (non-hydrogen) atoms. The number of rotatable bonds is 1. The number of Topliss-reactive ketones (excluding diaryl/α,β-unsaturated/α-hetero) is 2. The Balaban J connectivity index is 1.85. The predicted molar refractivity (Wildman–Crippen MR) is 97.9 cm³/mol. The minimum atomic E-state index is -0.867. The number of carbonyl (C=O) groups is 2. The standard InChI is InChI=1S/C22H16O5/c23-14-10-11-15(24)21-18(14)17(12-6-2-1-3-7-12)19-20(27-21)13-8-4-5-9-16(13)26-22(19)25/h1-9,17-18,21H,10-11H2/t17-,18?,21+/m1/s1. The van der Waals surface area contributed by atoms with Gasteiger partial charge in [0, 0.05) is 18.8 Å². The maximum Gasteiger partial charge on any atom is 0.343 e. The molecule has 5 rings (SSSR count). The van der Waals surface area contributed by atoms with Crippen LogP contribution in [-0.4, -0.2) is 17.7 Å². The molecule has 1 aliphatic heterocycles. The van der Waals surface area contributed by atoms with E-state index in [1.54, 1.807) is 18.2 Å². The van der Waals surface area contributed by atoms with Gasteiger partial charge in [-0.25, -0.2) is 4.79 Å². The minimum absolute atomic E-state index is 0.0494. The van der Waals surface area contributed by atoms with E-state index in [0.29, 0.717) is 22.3 Å². The number of hydrogen-bond acceptors (Lipinski definition) is 5. The van der Waals surface area contributed by atoms with Crippen LogP contribution in [0.4, 0.5) is 0 Å². The van der Waals surface area contributed by atoms with E-state index in [1.165, 1.54) is 0 Å². The van der Waals surface area contributed by atoms with Crippen molar-refractivity contribution in [1.29, 1.82) is 0 Å². The lowest BCUT2D eigenvalue weighted by atomic mass is 9.69. The number of benzene rings is 2. The number of carbonyl (C=O) groups excluding carboxylic acids is 2. The molecule has 2 heterocycles. The van der Waals surface area contributed by atoms with Gasteiger partial charge in [0.25, 0.3) is 0 Å². The fourth-order valence-electron chi connectivity index (χ4n) is 4.30. The third-order valence-electron chi connectivity index (χ3n) is 5.51. The van der Waals surface area contributed by atoms with Gasteiger partial charge in [0.15, 0.2) is 11.9 Å². The Morgan fingerprint density at radius 3 is 2.33 bits per heavy atom. The third kappa shape index (κ3) is 2.35. The molecular weight excluding hydrogens is 344 g/mol. The Hall–Kier alpha value is -3.21. The van der Waals surface area contributed by atoms with Crippen LogP contribution < -0.4 is 10.4 Å². The summed E-state index contributed by atoms with van der Waals surface area (Å²) in [5.41, 5.74) is 1.01. The predicted octanol–water partition coefficient (Wildman–Crippen LogP) is 3.23. The summed E-state index contributed by atoms with van der Waals surface area (Å²) in [4.78, 5) is 38.3. The van der Waals surface area contributed by atoms with Crippen LogP contribution in [0.5, 0.6) is 5.75 Å².